The molecule has 0 saturated carbocycles. The average molecular weight is 722 g/mol. The average Bonchev–Trinajstić information content (AvgIpc) is 2.38. The van der Waals surface area contributed by atoms with Crippen molar-refractivity contribution in [2.24, 2.45) is 0 Å². The highest BCUT2D eigenvalue weighted by molar-refractivity contribution is 9.15. The summed E-state index contributed by atoms with van der Waals surface area (Å²) in [4.78, 5) is 0. The number of ether oxygens (including phenoxy) is 1. The smallest absolute Gasteiger partial charge is 0.156 e. The second-order valence-corrected chi connectivity index (χ2v) is 9.40. The lowest BCUT2D eigenvalue weighted by Crippen LogP contribution is -1.90. The standard InChI is InChI=1S/C12H3Br7O/c13-5-1-4(2-6(14)9(5)17)20-12-8(16)3-7(15)10(18)11(12)19/h1-3H. The van der Waals surface area contributed by atoms with Crippen molar-refractivity contribution in [3.05, 3.63) is 49.5 Å². The van der Waals surface area contributed by atoms with Crippen LogP contribution in [0.5, 0.6) is 11.5 Å². The number of rotatable bonds is 2. The lowest BCUT2D eigenvalue weighted by Gasteiger charge is -2.13. The second kappa shape index (κ2) is 7.45. The van der Waals surface area contributed by atoms with Gasteiger partial charge in [-0.25, -0.2) is 0 Å². The number of hydrogen-bond donors (Lipinski definition) is 0. The maximum absolute atomic E-state index is 5.97. The molecule has 0 spiro atoms. The first-order valence-electron chi connectivity index (χ1n) is 4.96. The third kappa shape index (κ3) is 3.92. The fraction of sp³-hybridized carbons (Fsp3) is 0. The molecule has 0 saturated heterocycles. The molecule has 0 amide bonds. The molecule has 0 aliphatic carbocycles. The van der Waals surface area contributed by atoms with Crippen LogP contribution in [0.15, 0.2) is 49.5 Å². The summed E-state index contributed by atoms with van der Waals surface area (Å²) < 4.78 is 12.2. The summed E-state index contributed by atoms with van der Waals surface area (Å²) in [7, 11) is 0. The molecule has 0 radical (unpaired) electrons. The largest absolute Gasteiger partial charge is 0.455 e. The zero-order valence-electron chi connectivity index (χ0n) is 9.29. The van der Waals surface area contributed by atoms with Crippen LogP contribution in [0.3, 0.4) is 0 Å². The fourth-order valence-corrected chi connectivity index (χ4v) is 5.30. The van der Waals surface area contributed by atoms with E-state index < -0.39 is 0 Å². The van der Waals surface area contributed by atoms with Crippen molar-refractivity contribution in [3.63, 3.8) is 0 Å². The molecule has 0 unspecified atom stereocenters. The minimum Gasteiger partial charge on any atom is -0.455 e. The fourth-order valence-electron chi connectivity index (χ4n) is 1.35. The second-order valence-electron chi connectivity index (χ2n) is 3.60. The van der Waals surface area contributed by atoms with Gasteiger partial charge in [0, 0.05) is 22.4 Å². The molecule has 2 rings (SSSR count). The van der Waals surface area contributed by atoms with Gasteiger partial charge in [-0.05, 0) is 130 Å². The summed E-state index contributed by atoms with van der Waals surface area (Å²) in [6.45, 7) is 0. The van der Waals surface area contributed by atoms with Crippen molar-refractivity contribution < 1.29 is 4.74 Å². The van der Waals surface area contributed by atoms with Gasteiger partial charge in [0.15, 0.2) is 5.75 Å². The molecule has 0 aromatic heterocycles. The topological polar surface area (TPSA) is 9.23 Å². The summed E-state index contributed by atoms with van der Waals surface area (Å²) in [5.41, 5.74) is 0. The summed E-state index contributed by atoms with van der Waals surface area (Å²) in [5, 5.41) is 0. The van der Waals surface area contributed by atoms with Gasteiger partial charge in [-0.1, -0.05) is 0 Å². The maximum atomic E-state index is 5.97. The van der Waals surface area contributed by atoms with Gasteiger partial charge in [0.1, 0.15) is 5.75 Å². The first-order valence-corrected chi connectivity index (χ1v) is 10.5. The molecule has 8 heteroatoms. The highest BCUT2D eigenvalue weighted by Gasteiger charge is 2.15. The van der Waals surface area contributed by atoms with Gasteiger partial charge in [0.2, 0.25) is 0 Å². The molecule has 0 bridgehead atoms. The van der Waals surface area contributed by atoms with Crippen LogP contribution in [0.4, 0.5) is 0 Å². The first-order chi connectivity index (χ1) is 9.31. The predicted octanol–water partition coefficient (Wildman–Crippen LogP) is 8.82. The monoisotopic (exact) mass is 715 g/mol. The lowest BCUT2D eigenvalue weighted by atomic mass is 10.3. The minimum absolute atomic E-state index is 0.696. The molecule has 2 aromatic rings. The lowest BCUT2D eigenvalue weighted by molar-refractivity contribution is 0.475. The van der Waals surface area contributed by atoms with Gasteiger partial charge in [-0.3, -0.25) is 0 Å². The van der Waals surface area contributed by atoms with E-state index in [-0.39, 0.29) is 0 Å². The van der Waals surface area contributed by atoms with E-state index in [0.29, 0.717) is 11.5 Å². The van der Waals surface area contributed by atoms with Crippen molar-refractivity contribution in [2.45, 2.75) is 0 Å². The van der Waals surface area contributed by atoms with Crippen molar-refractivity contribution >= 4 is 112 Å². The summed E-state index contributed by atoms with van der Waals surface area (Å²) in [5.74, 6) is 1.41. The Balaban J connectivity index is 2.48. The molecule has 1 nitrogen and oxygen atoms in total. The third-order valence-electron chi connectivity index (χ3n) is 2.25. The molecule has 0 aliphatic heterocycles. The zero-order valence-corrected chi connectivity index (χ0v) is 20.4. The molecular formula is C12H3Br7O. The van der Waals surface area contributed by atoms with E-state index in [9.17, 15) is 0 Å². The maximum Gasteiger partial charge on any atom is 0.156 e. The predicted molar refractivity (Wildman–Crippen MR) is 107 cm³/mol. The molecule has 106 valence electrons. The number of halogens is 7. The molecule has 20 heavy (non-hydrogen) atoms. The minimum atomic E-state index is 0.696. The van der Waals surface area contributed by atoms with Crippen molar-refractivity contribution in [2.75, 3.05) is 0 Å². The first kappa shape index (κ1) is 17.9. The molecule has 0 atom stereocenters. The van der Waals surface area contributed by atoms with E-state index in [1.54, 1.807) is 0 Å². The molecule has 0 fully saturated rings. The van der Waals surface area contributed by atoms with Crippen molar-refractivity contribution in [1.29, 1.82) is 0 Å². The Morgan fingerprint density at radius 1 is 0.550 bits per heavy atom. The summed E-state index contributed by atoms with van der Waals surface area (Å²) in [6.07, 6.45) is 0. The Hall–Kier alpha value is 1.60. The van der Waals surface area contributed by atoms with Gasteiger partial charge >= 0.3 is 0 Å². The highest BCUT2D eigenvalue weighted by atomic mass is 79.9. The Morgan fingerprint density at radius 3 is 1.60 bits per heavy atom. The van der Waals surface area contributed by atoms with E-state index >= 15 is 0 Å². The number of benzene rings is 2. The van der Waals surface area contributed by atoms with Gasteiger partial charge in [-0.2, -0.15) is 0 Å². The van der Waals surface area contributed by atoms with Gasteiger partial charge in [0.25, 0.3) is 0 Å². The van der Waals surface area contributed by atoms with Crippen LogP contribution >= 0.6 is 112 Å². The van der Waals surface area contributed by atoms with E-state index in [1.807, 2.05) is 18.2 Å². The normalized spacial score (nSPS) is 10.8. The Kier molecular flexibility index (Phi) is 6.68. The van der Waals surface area contributed by atoms with Crippen LogP contribution in [0.1, 0.15) is 0 Å². The van der Waals surface area contributed by atoms with Crippen LogP contribution in [0.25, 0.3) is 0 Å². The third-order valence-corrected chi connectivity index (χ3v) is 9.28. The zero-order chi connectivity index (χ0) is 15.0. The molecule has 0 N–H and O–H groups in total. The van der Waals surface area contributed by atoms with Gasteiger partial charge in [0.05, 0.1) is 8.95 Å². The van der Waals surface area contributed by atoms with E-state index in [2.05, 4.69) is 112 Å². The van der Waals surface area contributed by atoms with Crippen LogP contribution < -0.4 is 4.74 Å². The Labute approximate surface area is 175 Å². The van der Waals surface area contributed by atoms with Gasteiger partial charge < -0.3 is 4.74 Å². The van der Waals surface area contributed by atoms with Crippen LogP contribution in [-0.2, 0) is 0 Å². The summed E-state index contributed by atoms with van der Waals surface area (Å²) >= 11 is 24.4. The van der Waals surface area contributed by atoms with Crippen LogP contribution in [0.2, 0.25) is 0 Å². The molecule has 2 aromatic carbocycles. The molecule has 0 aliphatic rings. The highest BCUT2D eigenvalue weighted by Crippen LogP contribution is 2.46. The van der Waals surface area contributed by atoms with Gasteiger partial charge in [-0.15, -0.1) is 0 Å². The number of hydrogen-bond acceptors (Lipinski definition) is 1. The molecular weight excluding hydrogens is 719 g/mol. The van der Waals surface area contributed by atoms with E-state index in [0.717, 1.165) is 31.3 Å². The quantitative estimate of drug-likeness (QED) is 0.223. The van der Waals surface area contributed by atoms with Crippen molar-refractivity contribution in [1.82, 2.24) is 0 Å². The van der Waals surface area contributed by atoms with E-state index in [4.69, 9.17) is 4.74 Å². The Bertz CT molecular complexity index is 661. The molecule has 0 heterocycles. The van der Waals surface area contributed by atoms with Crippen LogP contribution in [0, 0.1) is 0 Å². The van der Waals surface area contributed by atoms with Crippen LogP contribution in [-0.4, -0.2) is 0 Å². The SMILES string of the molecule is Brc1cc(Oc2c(Br)cc(Br)c(Br)c2Br)cc(Br)c1Br. The van der Waals surface area contributed by atoms with E-state index in [1.165, 1.54) is 0 Å². The summed E-state index contributed by atoms with van der Waals surface area (Å²) in [6, 6.07) is 5.71. The van der Waals surface area contributed by atoms with Crippen molar-refractivity contribution in [3.8, 4) is 11.5 Å². The Morgan fingerprint density at radius 2 is 1.05 bits per heavy atom.